The molecule has 25 heavy (non-hydrogen) atoms. The maximum absolute atomic E-state index is 12.8. The van der Waals surface area contributed by atoms with Crippen LogP contribution >= 0.6 is 0 Å². The van der Waals surface area contributed by atoms with Gasteiger partial charge in [-0.3, -0.25) is 14.8 Å². The molecule has 5 nitrogen and oxygen atoms in total. The molecule has 0 unspecified atom stereocenters. The number of carbonyl (C=O) groups is 1. The Kier molecular flexibility index (Phi) is 4.06. The van der Waals surface area contributed by atoms with Crippen LogP contribution in [0.15, 0.2) is 54.9 Å². The highest BCUT2D eigenvalue weighted by atomic mass is 16.2. The molecule has 0 atom stereocenters. The number of hydrogen-bond donors (Lipinski definition) is 0. The lowest BCUT2D eigenvalue weighted by atomic mass is 10.1. The first-order valence-corrected chi connectivity index (χ1v) is 8.52. The fourth-order valence-electron chi connectivity index (χ4n) is 3.27. The molecular formula is C20H20N4O. The second-order valence-corrected chi connectivity index (χ2v) is 6.38. The van der Waals surface area contributed by atoms with E-state index < -0.39 is 0 Å². The molecule has 0 spiro atoms. The van der Waals surface area contributed by atoms with Crippen molar-refractivity contribution in [2.24, 2.45) is 0 Å². The summed E-state index contributed by atoms with van der Waals surface area (Å²) in [6.45, 7) is 5.26. The van der Waals surface area contributed by atoms with Gasteiger partial charge in [-0.1, -0.05) is 12.1 Å². The van der Waals surface area contributed by atoms with E-state index in [1.807, 2.05) is 23.1 Å². The smallest absolute Gasteiger partial charge is 0.254 e. The van der Waals surface area contributed by atoms with Crippen LogP contribution in [0.4, 0.5) is 5.69 Å². The van der Waals surface area contributed by atoms with Crippen molar-refractivity contribution in [1.29, 1.82) is 0 Å². The molecule has 1 amide bonds. The first-order chi connectivity index (χ1) is 12.2. The van der Waals surface area contributed by atoms with Crippen molar-refractivity contribution < 1.29 is 4.79 Å². The number of aromatic nitrogens is 2. The molecule has 3 aromatic rings. The highest BCUT2D eigenvalue weighted by Crippen LogP contribution is 2.19. The largest absolute Gasteiger partial charge is 0.368 e. The molecule has 2 aromatic carbocycles. The number of fused-ring (bicyclic) bond motifs is 1. The summed E-state index contributed by atoms with van der Waals surface area (Å²) in [5, 5.41) is 0. The van der Waals surface area contributed by atoms with E-state index in [4.69, 9.17) is 0 Å². The molecule has 4 rings (SSSR count). The van der Waals surface area contributed by atoms with E-state index in [2.05, 4.69) is 46.1 Å². The Hall–Kier alpha value is -2.95. The van der Waals surface area contributed by atoms with E-state index >= 15 is 0 Å². The summed E-state index contributed by atoms with van der Waals surface area (Å²) in [4.78, 5) is 25.6. The van der Waals surface area contributed by atoms with Gasteiger partial charge in [0.2, 0.25) is 0 Å². The van der Waals surface area contributed by atoms with Gasteiger partial charge in [-0.15, -0.1) is 0 Å². The maximum Gasteiger partial charge on any atom is 0.254 e. The van der Waals surface area contributed by atoms with E-state index in [0.717, 1.165) is 37.2 Å². The van der Waals surface area contributed by atoms with Crippen LogP contribution in [0.1, 0.15) is 15.9 Å². The second-order valence-electron chi connectivity index (χ2n) is 6.38. The summed E-state index contributed by atoms with van der Waals surface area (Å²) < 4.78 is 0. The number of amides is 1. The van der Waals surface area contributed by atoms with Crippen molar-refractivity contribution in [1.82, 2.24) is 14.9 Å². The Morgan fingerprint density at radius 3 is 2.44 bits per heavy atom. The van der Waals surface area contributed by atoms with Gasteiger partial charge in [0.05, 0.1) is 11.0 Å². The minimum absolute atomic E-state index is 0.0662. The summed E-state index contributed by atoms with van der Waals surface area (Å²) >= 11 is 0. The van der Waals surface area contributed by atoms with Crippen molar-refractivity contribution >= 4 is 22.6 Å². The van der Waals surface area contributed by atoms with Gasteiger partial charge in [0.15, 0.2) is 0 Å². The Labute approximate surface area is 146 Å². The SMILES string of the molecule is Cc1cccc(N2CCN(C(=O)c3ccc4nccnc4c3)CC2)c1. The third-order valence-corrected chi connectivity index (χ3v) is 4.65. The van der Waals surface area contributed by atoms with Gasteiger partial charge in [-0.05, 0) is 42.8 Å². The molecule has 1 aliphatic heterocycles. The van der Waals surface area contributed by atoms with Crippen LogP contribution in [0.5, 0.6) is 0 Å². The van der Waals surface area contributed by atoms with E-state index in [-0.39, 0.29) is 5.91 Å². The fraction of sp³-hybridized carbons (Fsp3) is 0.250. The van der Waals surface area contributed by atoms with Crippen molar-refractivity contribution in [3.63, 3.8) is 0 Å². The van der Waals surface area contributed by atoms with Crippen LogP contribution in [0.3, 0.4) is 0 Å². The topological polar surface area (TPSA) is 49.3 Å². The number of aryl methyl sites for hydroxylation is 1. The number of hydrogen-bond acceptors (Lipinski definition) is 4. The zero-order chi connectivity index (χ0) is 17.2. The van der Waals surface area contributed by atoms with Crippen LogP contribution in [0, 0.1) is 6.92 Å². The maximum atomic E-state index is 12.8. The van der Waals surface area contributed by atoms with Gasteiger partial charge >= 0.3 is 0 Å². The Morgan fingerprint density at radius 1 is 0.920 bits per heavy atom. The molecule has 1 saturated heterocycles. The summed E-state index contributed by atoms with van der Waals surface area (Å²) in [5.41, 5.74) is 4.73. The van der Waals surface area contributed by atoms with Crippen LogP contribution in [-0.2, 0) is 0 Å². The fourth-order valence-corrected chi connectivity index (χ4v) is 3.27. The Bertz CT molecular complexity index is 916. The molecule has 1 fully saturated rings. The lowest BCUT2D eigenvalue weighted by molar-refractivity contribution is 0.0747. The third-order valence-electron chi connectivity index (χ3n) is 4.65. The Morgan fingerprint density at radius 2 is 1.68 bits per heavy atom. The molecule has 1 aromatic heterocycles. The lowest BCUT2D eigenvalue weighted by Crippen LogP contribution is -2.48. The minimum atomic E-state index is 0.0662. The van der Waals surface area contributed by atoms with Gasteiger partial charge in [-0.2, -0.15) is 0 Å². The normalized spacial score (nSPS) is 14.8. The zero-order valence-corrected chi connectivity index (χ0v) is 14.2. The molecule has 0 radical (unpaired) electrons. The van der Waals surface area contributed by atoms with Crippen LogP contribution in [-0.4, -0.2) is 47.0 Å². The highest BCUT2D eigenvalue weighted by molar-refractivity contribution is 5.97. The molecule has 0 aliphatic carbocycles. The summed E-state index contributed by atoms with van der Waals surface area (Å²) in [6, 6.07) is 14.0. The van der Waals surface area contributed by atoms with Crippen LogP contribution in [0.2, 0.25) is 0 Å². The van der Waals surface area contributed by atoms with E-state index in [1.165, 1.54) is 11.3 Å². The van der Waals surface area contributed by atoms with Crippen LogP contribution < -0.4 is 4.90 Å². The molecule has 126 valence electrons. The number of benzene rings is 2. The summed E-state index contributed by atoms with van der Waals surface area (Å²) in [7, 11) is 0. The second kappa shape index (κ2) is 6.51. The molecule has 5 heteroatoms. The van der Waals surface area contributed by atoms with Crippen molar-refractivity contribution in [3.05, 3.63) is 66.0 Å². The predicted molar refractivity (Wildman–Crippen MR) is 98.8 cm³/mol. The predicted octanol–water partition coefficient (Wildman–Crippen LogP) is 2.90. The van der Waals surface area contributed by atoms with E-state index in [1.54, 1.807) is 12.4 Å². The monoisotopic (exact) mass is 332 g/mol. The Balaban J connectivity index is 1.47. The average molecular weight is 332 g/mol. The average Bonchev–Trinajstić information content (AvgIpc) is 2.67. The lowest BCUT2D eigenvalue weighted by Gasteiger charge is -2.36. The number of rotatable bonds is 2. The van der Waals surface area contributed by atoms with E-state index in [0.29, 0.717) is 5.56 Å². The molecule has 2 heterocycles. The number of anilines is 1. The first-order valence-electron chi connectivity index (χ1n) is 8.52. The highest BCUT2D eigenvalue weighted by Gasteiger charge is 2.22. The van der Waals surface area contributed by atoms with Crippen molar-refractivity contribution in [3.8, 4) is 0 Å². The third kappa shape index (κ3) is 3.18. The summed E-state index contributed by atoms with van der Waals surface area (Å²) in [6.07, 6.45) is 3.31. The zero-order valence-electron chi connectivity index (χ0n) is 14.2. The molecule has 0 N–H and O–H groups in total. The van der Waals surface area contributed by atoms with Crippen LogP contribution in [0.25, 0.3) is 11.0 Å². The number of piperazine rings is 1. The standard InChI is InChI=1S/C20H20N4O/c1-15-3-2-4-17(13-15)23-9-11-24(12-10-23)20(25)16-5-6-18-19(14-16)22-8-7-21-18/h2-8,13-14H,9-12H2,1H3. The van der Waals surface area contributed by atoms with Crippen molar-refractivity contribution in [2.45, 2.75) is 6.92 Å². The van der Waals surface area contributed by atoms with Gasteiger partial charge < -0.3 is 9.80 Å². The minimum Gasteiger partial charge on any atom is -0.368 e. The van der Waals surface area contributed by atoms with Gasteiger partial charge in [0.1, 0.15) is 0 Å². The van der Waals surface area contributed by atoms with Gasteiger partial charge in [0.25, 0.3) is 5.91 Å². The van der Waals surface area contributed by atoms with Gasteiger partial charge in [-0.25, -0.2) is 0 Å². The number of carbonyl (C=O) groups excluding carboxylic acids is 1. The van der Waals surface area contributed by atoms with Crippen molar-refractivity contribution in [2.75, 3.05) is 31.1 Å². The summed E-state index contributed by atoms with van der Waals surface area (Å²) in [5.74, 6) is 0.0662. The molecule has 0 saturated carbocycles. The molecular weight excluding hydrogens is 312 g/mol. The van der Waals surface area contributed by atoms with E-state index in [9.17, 15) is 4.79 Å². The number of nitrogens with zero attached hydrogens (tertiary/aromatic N) is 4. The molecule has 0 bridgehead atoms. The molecule has 1 aliphatic rings. The quantitative estimate of drug-likeness (QED) is 0.724. The first kappa shape index (κ1) is 15.6. The van der Waals surface area contributed by atoms with Gasteiger partial charge in [0, 0.05) is 49.8 Å².